The van der Waals surface area contributed by atoms with Crippen LogP contribution in [0.5, 0.6) is 0 Å². The fraction of sp³-hybridized carbons (Fsp3) is 0.227. The van der Waals surface area contributed by atoms with Gasteiger partial charge in [-0.15, -0.1) is 5.10 Å². The van der Waals surface area contributed by atoms with Gasteiger partial charge in [-0.05, 0) is 30.7 Å². The molecule has 32 heavy (non-hydrogen) atoms. The molecule has 0 spiro atoms. The maximum Gasteiger partial charge on any atom is 0.266 e. The van der Waals surface area contributed by atoms with E-state index in [-0.39, 0.29) is 23.1 Å². The molecule has 1 aliphatic rings. The molecule has 1 saturated heterocycles. The predicted molar refractivity (Wildman–Crippen MR) is 128 cm³/mol. The summed E-state index contributed by atoms with van der Waals surface area (Å²) in [4.78, 5) is 43.7. The number of carbonyl (C=O) groups is 2. The summed E-state index contributed by atoms with van der Waals surface area (Å²) in [6.07, 6.45) is 0.805. The van der Waals surface area contributed by atoms with Gasteiger partial charge in [-0.1, -0.05) is 60.8 Å². The molecule has 3 aromatic rings. The topological polar surface area (TPSA) is 96.7 Å². The molecule has 2 aromatic carbocycles. The van der Waals surface area contributed by atoms with Crippen LogP contribution in [0.3, 0.4) is 0 Å². The van der Waals surface area contributed by atoms with Crippen molar-refractivity contribution < 1.29 is 9.59 Å². The van der Waals surface area contributed by atoms with Crippen LogP contribution in [0.15, 0.2) is 69.6 Å². The molecular formula is C22H21N5O3S2. The summed E-state index contributed by atoms with van der Waals surface area (Å²) < 4.78 is 1.51. The molecule has 8 nitrogen and oxygen atoms in total. The van der Waals surface area contributed by atoms with Crippen LogP contribution in [0.25, 0.3) is 16.6 Å². The van der Waals surface area contributed by atoms with Crippen LogP contribution < -0.4 is 11.0 Å². The Morgan fingerprint density at radius 1 is 1.16 bits per heavy atom. The molecule has 1 aliphatic heterocycles. The van der Waals surface area contributed by atoms with Gasteiger partial charge in [0.15, 0.2) is 10.3 Å². The molecule has 10 heteroatoms. The van der Waals surface area contributed by atoms with Crippen LogP contribution in [-0.4, -0.2) is 49.5 Å². The van der Waals surface area contributed by atoms with Crippen molar-refractivity contribution in [2.75, 3.05) is 18.1 Å². The lowest BCUT2D eigenvalue weighted by Gasteiger charge is -2.14. The van der Waals surface area contributed by atoms with Crippen LogP contribution in [0, 0.1) is 0 Å². The number of thioether (sulfide) groups is 2. The largest absolute Gasteiger partial charge is 0.289 e. The van der Waals surface area contributed by atoms with Gasteiger partial charge >= 0.3 is 0 Å². The number of hydrazone groups is 1. The first-order valence-corrected chi connectivity index (χ1v) is 12.1. The second-order valence-electron chi connectivity index (χ2n) is 6.94. The van der Waals surface area contributed by atoms with Gasteiger partial charge in [0, 0.05) is 6.54 Å². The summed E-state index contributed by atoms with van der Waals surface area (Å²) in [5, 5.41) is 5.54. The van der Waals surface area contributed by atoms with Crippen molar-refractivity contribution in [2.45, 2.75) is 18.5 Å². The number of amides is 2. The number of amidine groups is 1. The highest BCUT2D eigenvalue weighted by Crippen LogP contribution is 2.22. The predicted octanol–water partition coefficient (Wildman–Crippen LogP) is 2.85. The highest BCUT2D eigenvalue weighted by Gasteiger charge is 2.27. The second-order valence-corrected chi connectivity index (χ2v) is 8.82. The Balaban J connectivity index is 1.55. The van der Waals surface area contributed by atoms with Crippen LogP contribution >= 0.6 is 23.5 Å². The molecule has 0 radical (unpaired) electrons. The van der Waals surface area contributed by atoms with Crippen LogP contribution in [0.4, 0.5) is 0 Å². The third kappa shape index (κ3) is 4.71. The minimum Gasteiger partial charge on any atom is -0.289 e. The number of nitrogens with zero attached hydrogens (tertiary/aromatic N) is 4. The first kappa shape index (κ1) is 22.1. The zero-order valence-corrected chi connectivity index (χ0v) is 19.0. The summed E-state index contributed by atoms with van der Waals surface area (Å²) in [7, 11) is 0. The molecule has 0 atom stereocenters. The number of nitrogens with one attached hydrogen (secondary N) is 1. The standard InChI is InChI=1S/C22H21N5O3S2/c1-2-12-26-19(29)14-32-22(26)25-24-18(28)13-31-21-23-17-11-7-6-10-16(17)20(30)27(21)15-8-4-3-5-9-15/h3-11H,2,12-14H2,1H3,(H,24,28)/b25-22+. The Hall–Kier alpha value is -3.11. The minimum absolute atomic E-state index is 0.00790. The van der Waals surface area contributed by atoms with E-state index < -0.39 is 0 Å². The van der Waals surface area contributed by atoms with Crippen molar-refractivity contribution >= 4 is 51.4 Å². The Morgan fingerprint density at radius 3 is 2.69 bits per heavy atom. The number of fused-ring (bicyclic) bond motifs is 1. The molecule has 0 saturated carbocycles. The van der Waals surface area contributed by atoms with E-state index in [1.807, 2.05) is 43.3 Å². The van der Waals surface area contributed by atoms with E-state index in [0.717, 1.165) is 18.2 Å². The SMILES string of the molecule is CCCN1C(=O)CS/C1=N/NC(=O)CSc1nc2ccccc2c(=O)n1-c1ccccc1. The summed E-state index contributed by atoms with van der Waals surface area (Å²) in [6, 6.07) is 16.3. The van der Waals surface area contributed by atoms with Crippen molar-refractivity contribution in [3.63, 3.8) is 0 Å². The molecular weight excluding hydrogens is 446 g/mol. The summed E-state index contributed by atoms with van der Waals surface area (Å²) in [5.74, 6) is -0.0124. The zero-order chi connectivity index (χ0) is 22.5. The fourth-order valence-electron chi connectivity index (χ4n) is 3.21. The molecule has 4 rings (SSSR count). The normalized spacial score (nSPS) is 15.0. The van der Waals surface area contributed by atoms with Gasteiger partial charge < -0.3 is 0 Å². The summed E-state index contributed by atoms with van der Waals surface area (Å²) >= 11 is 2.46. The van der Waals surface area contributed by atoms with Crippen molar-refractivity contribution in [2.24, 2.45) is 5.10 Å². The van der Waals surface area contributed by atoms with Crippen LogP contribution in [0.1, 0.15) is 13.3 Å². The lowest BCUT2D eigenvalue weighted by molar-refractivity contribution is -0.124. The molecule has 1 N–H and O–H groups in total. The smallest absolute Gasteiger partial charge is 0.266 e. The van der Waals surface area contributed by atoms with E-state index in [1.165, 1.54) is 16.3 Å². The van der Waals surface area contributed by atoms with Crippen LogP contribution in [-0.2, 0) is 9.59 Å². The monoisotopic (exact) mass is 467 g/mol. The van der Waals surface area contributed by atoms with E-state index >= 15 is 0 Å². The van der Waals surface area contributed by atoms with E-state index in [9.17, 15) is 14.4 Å². The van der Waals surface area contributed by atoms with Crippen LogP contribution in [0.2, 0.25) is 0 Å². The second kappa shape index (κ2) is 10.0. The third-order valence-corrected chi connectivity index (χ3v) is 6.57. The maximum absolute atomic E-state index is 13.2. The van der Waals surface area contributed by atoms with Gasteiger partial charge in [-0.2, -0.15) is 0 Å². The lowest BCUT2D eigenvalue weighted by atomic mass is 10.2. The third-order valence-electron chi connectivity index (χ3n) is 4.67. The van der Waals surface area contributed by atoms with E-state index in [0.29, 0.717) is 39.2 Å². The van der Waals surface area contributed by atoms with Gasteiger partial charge in [0.2, 0.25) is 5.91 Å². The van der Waals surface area contributed by atoms with E-state index in [1.54, 1.807) is 23.1 Å². The van der Waals surface area contributed by atoms with Gasteiger partial charge in [0.05, 0.1) is 28.1 Å². The Kier molecular flexibility index (Phi) is 6.91. The van der Waals surface area contributed by atoms with Gasteiger partial charge in [-0.3, -0.25) is 23.9 Å². The number of para-hydroxylation sites is 2. The van der Waals surface area contributed by atoms with Gasteiger partial charge in [-0.25, -0.2) is 10.4 Å². The first-order chi connectivity index (χ1) is 15.6. The number of benzene rings is 2. The molecule has 2 heterocycles. The van der Waals surface area contributed by atoms with Crippen molar-refractivity contribution in [1.82, 2.24) is 19.9 Å². The quantitative estimate of drug-likeness (QED) is 0.326. The number of hydrogen-bond donors (Lipinski definition) is 1. The van der Waals surface area contributed by atoms with Gasteiger partial charge in [0.1, 0.15) is 0 Å². The highest BCUT2D eigenvalue weighted by molar-refractivity contribution is 8.15. The first-order valence-electron chi connectivity index (χ1n) is 10.1. The molecule has 2 amide bonds. The zero-order valence-electron chi connectivity index (χ0n) is 17.4. The fourth-order valence-corrected chi connectivity index (χ4v) is 4.88. The number of carbonyl (C=O) groups excluding carboxylic acids is 2. The molecule has 1 fully saturated rings. The Morgan fingerprint density at radius 2 is 1.91 bits per heavy atom. The number of rotatable bonds is 7. The summed E-state index contributed by atoms with van der Waals surface area (Å²) in [5.41, 5.74) is 3.57. The minimum atomic E-state index is -0.346. The lowest BCUT2D eigenvalue weighted by Crippen LogP contribution is -2.32. The Bertz CT molecular complexity index is 1240. The van der Waals surface area contributed by atoms with Crippen molar-refractivity contribution in [3.05, 3.63) is 65.0 Å². The average Bonchev–Trinajstić information content (AvgIpc) is 3.16. The van der Waals surface area contributed by atoms with Crippen molar-refractivity contribution in [1.29, 1.82) is 0 Å². The van der Waals surface area contributed by atoms with Crippen molar-refractivity contribution in [3.8, 4) is 5.69 Å². The van der Waals surface area contributed by atoms with E-state index in [2.05, 4.69) is 15.5 Å². The maximum atomic E-state index is 13.2. The average molecular weight is 468 g/mol. The number of aromatic nitrogens is 2. The highest BCUT2D eigenvalue weighted by atomic mass is 32.2. The van der Waals surface area contributed by atoms with Gasteiger partial charge in [0.25, 0.3) is 11.5 Å². The molecule has 0 aliphatic carbocycles. The number of hydrogen-bond acceptors (Lipinski definition) is 7. The molecule has 1 aromatic heterocycles. The van der Waals surface area contributed by atoms with E-state index in [4.69, 9.17) is 0 Å². The molecule has 0 bridgehead atoms. The summed E-state index contributed by atoms with van der Waals surface area (Å²) in [6.45, 7) is 2.55. The molecule has 164 valence electrons. The Labute approximate surface area is 193 Å². The molecule has 0 unspecified atom stereocenters.